The Kier molecular flexibility index (Phi) is 3.38. The van der Waals surface area contributed by atoms with Crippen molar-refractivity contribution in [2.75, 3.05) is 20.2 Å². The van der Waals surface area contributed by atoms with Gasteiger partial charge in [0, 0.05) is 43.4 Å². The Morgan fingerprint density at radius 2 is 2.15 bits per heavy atom. The second kappa shape index (κ2) is 5.05. The molecule has 1 N–H and O–H groups in total. The van der Waals surface area contributed by atoms with Crippen LogP contribution in [0.4, 0.5) is 0 Å². The lowest BCUT2D eigenvalue weighted by Gasteiger charge is -2.53. The first kappa shape index (κ1) is 13.4. The minimum absolute atomic E-state index is 0.0424. The van der Waals surface area contributed by atoms with Crippen molar-refractivity contribution in [3.8, 4) is 0 Å². The smallest absolute Gasteiger partial charge is 0.254 e. The predicted molar refractivity (Wildman–Crippen MR) is 74.7 cm³/mol. The number of nitrogens with zero attached hydrogens (tertiary/aromatic N) is 1. The molecule has 1 saturated carbocycles. The Bertz CT molecular complexity index is 556. The predicted octanol–water partition coefficient (Wildman–Crippen LogP) is 1.41. The van der Waals surface area contributed by atoms with E-state index in [9.17, 15) is 9.59 Å². The van der Waals surface area contributed by atoms with Gasteiger partial charge in [-0.25, -0.2) is 0 Å². The maximum absolute atomic E-state index is 12.4. The molecule has 2 aliphatic rings. The minimum Gasteiger partial charge on any atom is -0.381 e. The van der Waals surface area contributed by atoms with Crippen LogP contribution in [0.25, 0.3) is 0 Å². The van der Waals surface area contributed by atoms with E-state index in [0.29, 0.717) is 17.1 Å². The van der Waals surface area contributed by atoms with Crippen LogP contribution in [-0.4, -0.2) is 42.1 Å². The number of methoxy groups -OCH3 is 1. The van der Waals surface area contributed by atoms with E-state index in [2.05, 4.69) is 4.98 Å². The molecule has 1 atom stereocenters. The number of likely N-dealkylation sites (tertiary alicyclic amines) is 1. The zero-order chi connectivity index (χ0) is 14.2. The number of hydrogen-bond acceptors (Lipinski definition) is 3. The number of carbonyl (C=O) groups excluding carboxylic acids is 1. The Morgan fingerprint density at radius 3 is 2.70 bits per heavy atom. The SMILES string of the molecule is COC1CCC12CCN(C(=O)c1cc[nH]c(=O)c1)CC2. The highest BCUT2D eigenvalue weighted by atomic mass is 16.5. The first-order valence-corrected chi connectivity index (χ1v) is 7.15. The van der Waals surface area contributed by atoms with Gasteiger partial charge in [-0.2, -0.15) is 0 Å². The molecule has 3 rings (SSSR count). The monoisotopic (exact) mass is 276 g/mol. The first-order chi connectivity index (χ1) is 9.64. The highest BCUT2D eigenvalue weighted by Gasteiger charge is 2.48. The van der Waals surface area contributed by atoms with Crippen molar-refractivity contribution in [2.45, 2.75) is 31.8 Å². The van der Waals surface area contributed by atoms with Crippen LogP contribution in [0.2, 0.25) is 0 Å². The molecule has 5 heteroatoms. The van der Waals surface area contributed by atoms with Gasteiger partial charge in [-0.05, 0) is 31.7 Å². The molecule has 1 spiro atoms. The number of pyridine rings is 1. The van der Waals surface area contributed by atoms with Crippen molar-refractivity contribution in [1.82, 2.24) is 9.88 Å². The molecule has 0 bridgehead atoms. The van der Waals surface area contributed by atoms with Gasteiger partial charge in [-0.1, -0.05) is 0 Å². The van der Waals surface area contributed by atoms with Crippen LogP contribution in [0.5, 0.6) is 0 Å². The molecule has 2 heterocycles. The van der Waals surface area contributed by atoms with Gasteiger partial charge in [0.1, 0.15) is 0 Å². The second-order valence-corrected chi connectivity index (χ2v) is 5.86. The van der Waals surface area contributed by atoms with Gasteiger partial charge in [-0.3, -0.25) is 9.59 Å². The number of rotatable bonds is 2. The summed E-state index contributed by atoms with van der Waals surface area (Å²) in [6, 6.07) is 3.03. The zero-order valence-electron chi connectivity index (χ0n) is 11.7. The molecule has 1 aromatic heterocycles. The molecule has 20 heavy (non-hydrogen) atoms. The van der Waals surface area contributed by atoms with Crippen LogP contribution >= 0.6 is 0 Å². The summed E-state index contributed by atoms with van der Waals surface area (Å²) in [5.74, 6) is -0.0424. The van der Waals surface area contributed by atoms with E-state index in [-0.39, 0.29) is 11.5 Å². The molecule has 1 aromatic rings. The Labute approximate surface area is 117 Å². The number of amides is 1. The molecule has 1 unspecified atom stereocenters. The molecular formula is C15H20N2O3. The van der Waals surface area contributed by atoms with E-state index in [1.54, 1.807) is 13.2 Å². The van der Waals surface area contributed by atoms with Gasteiger partial charge in [-0.15, -0.1) is 0 Å². The maximum atomic E-state index is 12.4. The van der Waals surface area contributed by atoms with Gasteiger partial charge >= 0.3 is 0 Å². The molecule has 1 saturated heterocycles. The highest BCUT2D eigenvalue weighted by Crippen LogP contribution is 2.50. The van der Waals surface area contributed by atoms with Crippen molar-refractivity contribution >= 4 is 5.91 Å². The van der Waals surface area contributed by atoms with Gasteiger partial charge < -0.3 is 14.6 Å². The minimum atomic E-state index is -0.234. The third-order valence-electron chi connectivity index (χ3n) is 4.94. The van der Waals surface area contributed by atoms with Gasteiger partial charge in [0.15, 0.2) is 0 Å². The second-order valence-electron chi connectivity index (χ2n) is 5.86. The fourth-order valence-corrected chi connectivity index (χ4v) is 3.53. The number of H-pyrrole nitrogens is 1. The summed E-state index contributed by atoms with van der Waals surface area (Å²) in [6.07, 6.45) is 6.23. The molecule has 108 valence electrons. The number of hydrogen-bond donors (Lipinski definition) is 1. The lowest BCUT2D eigenvalue weighted by Crippen LogP contribution is -2.53. The Morgan fingerprint density at radius 1 is 1.40 bits per heavy atom. The molecule has 2 fully saturated rings. The van der Waals surface area contributed by atoms with Crippen molar-refractivity contribution in [3.63, 3.8) is 0 Å². The van der Waals surface area contributed by atoms with Crippen LogP contribution < -0.4 is 5.56 Å². The average Bonchev–Trinajstić information content (AvgIpc) is 2.46. The van der Waals surface area contributed by atoms with E-state index in [0.717, 1.165) is 32.4 Å². The van der Waals surface area contributed by atoms with Crippen molar-refractivity contribution in [2.24, 2.45) is 5.41 Å². The lowest BCUT2D eigenvalue weighted by atomic mass is 9.60. The summed E-state index contributed by atoms with van der Waals surface area (Å²) < 4.78 is 5.53. The summed E-state index contributed by atoms with van der Waals surface area (Å²) in [5.41, 5.74) is 0.532. The van der Waals surface area contributed by atoms with E-state index in [4.69, 9.17) is 4.74 Å². The third kappa shape index (κ3) is 2.16. The van der Waals surface area contributed by atoms with Gasteiger partial charge in [0.25, 0.3) is 5.91 Å². The van der Waals surface area contributed by atoms with E-state index in [1.165, 1.54) is 18.7 Å². The number of piperidine rings is 1. The average molecular weight is 276 g/mol. The van der Waals surface area contributed by atoms with Crippen LogP contribution in [0.1, 0.15) is 36.0 Å². The van der Waals surface area contributed by atoms with E-state index in [1.807, 2.05) is 4.90 Å². The van der Waals surface area contributed by atoms with E-state index >= 15 is 0 Å². The fourth-order valence-electron chi connectivity index (χ4n) is 3.53. The van der Waals surface area contributed by atoms with Crippen LogP contribution in [0, 0.1) is 5.41 Å². The molecule has 5 nitrogen and oxygen atoms in total. The molecule has 1 aliphatic carbocycles. The summed E-state index contributed by atoms with van der Waals surface area (Å²) in [7, 11) is 1.78. The van der Waals surface area contributed by atoms with Crippen molar-refractivity contribution in [3.05, 3.63) is 34.2 Å². The Balaban J connectivity index is 1.66. The maximum Gasteiger partial charge on any atom is 0.254 e. The molecule has 0 aromatic carbocycles. The quantitative estimate of drug-likeness (QED) is 0.888. The number of ether oxygens (including phenoxy) is 1. The highest BCUT2D eigenvalue weighted by molar-refractivity contribution is 5.94. The Hall–Kier alpha value is -1.62. The summed E-state index contributed by atoms with van der Waals surface area (Å²) in [5, 5.41) is 0. The molecular weight excluding hydrogens is 256 g/mol. The topological polar surface area (TPSA) is 62.4 Å². The van der Waals surface area contributed by atoms with E-state index < -0.39 is 0 Å². The van der Waals surface area contributed by atoms with Gasteiger partial charge in [0.05, 0.1) is 6.10 Å². The normalized spacial score (nSPS) is 24.4. The number of aromatic nitrogens is 1. The van der Waals surface area contributed by atoms with Crippen LogP contribution in [0.15, 0.2) is 23.1 Å². The lowest BCUT2D eigenvalue weighted by molar-refractivity contribution is -0.116. The largest absolute Gasteiger partial charge is 0.381 e. The molecule has 1 aliphatic heterocycles. The summed E-state index contributed by atoms with van der Waals surface area (Å²) >= 11 is 0. The first-order valence-electron chi connectivity index (χ1n) is 7.15. The summed E-state index contributed by atoms with van der Waals surface area (Å²) in [6.45, 7) is 1.51. The molecule has 1 amide bonds. The fraction of sp³-hybridized carbons (Fsp3) is 0.600. The standard InChI is InChI=1S/C15H20N2O3/c1-20-12-2-4-15(12)5-8-17(9-6-15)14(19)11-3-7-16-13(18)10-11/h3,7,10,12H,2,4-6,8-9H2,1H3,(H,16,18). The zero-order valence-corrected chi connectivity index (χ0v) is 11.7. The number of nitrogens with one attached hydrogen (secondary N) is 1. The number of carbonyl (C=O) groups is 1. The number of aromatic amines is 1. The van der Waals surface area contributed by atoms with Gasteiger partial charge in [0.2, 0.25) is 5.56 Å². The van der Waals surface area contributed by atoms with Crippen LogP contribution in [0.3, 0.4) is 0 Å². The third-order valence-corrected chi connectivity index (χ3v) is 4.94. The molecule has 0 radical (unpaired) electrons. The van der Waals surface area contributed by atoms with Crippen LogP contribution in [-0.2, 0) is 4.74 Å². The van der Waals surface area contributed by atoms with Crippen molar-refractivity contribution in [1.29, 1.82) is 0 Å². The van der Waals surface area contributed by atoms with Crippen molar-refractivity contribution < 1.29 is 9.53 Å². The summed E-state index contributed by atoms with van der Waals surface area (Å²) in [4.78, 5) is 28.0.